The van der Waals surface area contributed by atoms with Gasteiger partial charge in [-0.2, -0.15) is 0 Å². The second-order valence-electron chi connectivity index (χ2n) is 5.26. The topological polar surface area (TPSA) is 29.3 Å². The Kier molecular flexibility index (Phi) is 4.84. The minimum absolute atomic E-state index is 0.128. The van der Waals surface area contributed by atoms with Crippen molar-refractivity contribution in [1.82, 2.24) is 0 Å². The SMILES string of the molecule is CN(CC1CCC(N)CC1)c1ccc(I)cc1F. The molecule has 4 heteroatoms. The van der Waals surface area contributed by atoms with E-state index in [0.29, 0.717) is 17.6 Å². The summed E-state index contributed by atoms with van der Waals surface area (Å²) in [4.78, 5) is 2.03. The average molecular weight is 362 g/mol. The first-order valence-corrected chi connectivity index (χ1v) is 7.56. The Balaban J connectivity index is 1.97. The van der Waals surface area contributed by atoms with Gasteiger partial charge in [0, 0.05) is 23.2 Å². The molecule has 0 aromatic heterocycles. The molecule has 1 aromatic rings. The lowest BCUT2D eigenvalue weighted by atomic mass is 9.86. The van der Waals surface area contributed by atoms with E-state index in [-0.39, 0.29) is 5.82 Å². The second-order valence-corrected chi connectivity index (χ2v) is 6.50. The van der Waals surface area contributed by atoms with Gasteiger partial charge in [0.25, 0.3) is 0 Å². The van der Waals surface area contributed by atoms with Gasteiger partial charge < -0.3 is 10.6 Å². The van der Waals surface area contributed by atoms with E-state index in [1.54, 1.807) is 6.07 Å². The first kappa shape index (κ1) is 14.1. The molecule has 0 spiro atoms. The molecule has 100 valence electrons. The van der Waals surface area contributed by atoms with E-state index in [9.17, 15) is 4.39 Å². The fourth-order valence-electron chi connectivity index (χ4n) is 2.65. The number of hydrogen-bond acceptors (Lipinski definition) is 2. The molecule has 2 nitrogen and oxygen atoms in total. The third-order valence-corrected chi connectivity index (χ3v) is 4.42. The molecule has 18 heavy (non-hydrogen) atoms. The highest BCUT2D eigenvalue weighted by molar-refractivity contribution is 14.1. The van der Waals surface area contributed by atoms with Crippen LogP contribution in [0.5, 0.6) is 0 Å². The third-order valence-electron chi connectivity index (χ3n) is 3.74. The number of nitrogens with two attached hydrogens (primary N) is 1. The lowest BCUT2D eigenvalue weighted by Gasteiger charge is -2.30. The van der Waals surface area contributed by atoms with Crippen molar-refractivity contribution in [1.29, 1.82) is 0 Å². The number of anilines is 1. The molecule has 0 radical (unpaired) electrons. The monoisotopic (exact) mass is 362 g/mol. The fraction of sp³-hybridized carbons (Fsp3) is 0.571. The Hall–Kier alpha value is -0.360. The predicted octanol–water partition coefficient (Wildman–Crippen LogP) is 3.38. The van der Waals surface area contributed by atoms with E-state index in [2.05, 4.69) is 22.6 Å². The van der Waals surface area contributed by atoms with Crippen molar-refractivity contribution in [3.63, 3.8) is 0 Å². The molecule has 0 atom stereocenters. The van der Waals surface area contributed by atoms with Crippen molar-refractivity contribution < 1.29 is 4.39 Å². The van der Waals surface area contributed by atoms with E-state index >= 15 is 0 Å². The molecule has 0 unspecified atom stereocenters. The Bertz CT molecular complexity index is 403. The first-order chi connectivity index (χ1) is 8.56. The highest BCUT2D eigenvalue weighted by Gasteiger charge is 2.20. The molecule has 0 amide bonds. The summed E-state index contributed by atoms with van der Waals surface area (Å²) < 4.78 is 14.8. The van der Waals surface area contributed by atoms with Crippen LogP contribution in [-0.4, -0.2) is 19.6 Å². The van der Waals surface area contributed by atoms with Crippen LogP contribution in [0, 0.1) is 15.3 Å². The molecule has 0 heterocycles. The van der Waals surface area contributed by atoms with Crippen molar-refractivity contribution in [3.8, 4) is 0 Å². The molecule has 1 aromatic carbocycles. The van der Waals surface area contributed by atoms with Crippen LogP contribution >= 0.6 is 22.6 Å². The maximum Gasteiger partial charge on any atom is 0.147 e. The van der Waals surface area contributed by atoms with Crippen LogP contribution in [0.1, 0.15) is 25.7 Å². The molecule has 1 fully saturated rings. The number of halogens is 2. The molecule has 0 bridgehead atoms. The van der Waals surface area contributed by atoms with Crippen molar-refractivity contribution >= 4 is 28.3 Å². The van der Waals surface area contributed by atoms with E-state index in [1.165, 1.54) is 0 Å². The average Bonchev–Trinajstić information content (AvgIpc) is 2.32. The molecule has 1 aliphatic rings. The highest BCUT2D eigenvalue weighted by atomic mass is 127. The third kappa shape index (κ3) is 3.57. The standard InChI is InChI=1S/C14H20FIN2/c1-18(9-10-2-5-12(17)6-3-10)14-7-4-11(16)8-13(14)15/h4,7-8,10,12H,2-3,5-6,9,17H2,1H3. The minimum Gasteiger partial charge on any atom is -0.372 e. The Morgan fingerprint density at radius 2 is 2.00 bits per heavy atom. The molecule has 2 rings (SSSR count). The summed E-state index contributed by atoms with van der Waals surface area (Å²) in [6.45, 7) is 0.921. The fourth-order valence-corrected chi connectivity index (χ4v) is 3.10. The molecular weight excluding hydrogens is 342 g/mol. The zero-order valence-corrected chi connectivity index (χ0v) is 12.9. The van der Waals surface area contributed by atoms with Gasteiger partial charge in [0.1, 0.15) is 5.82 Å². The van der Waals surface area contributed by atoms with Crippen LogP contribution in [-0.2, 0) is 0 Å². The predicted molar refractivity (Wildman–Crippen MR) is 82.3 cm³/mol. The van der Waals surface area contributed by atoms with E-state index in [0.717, 1.165) is 35.8 Å². The zero-order valence-electron chi connectivity index (χ0n) is 10.7. The van der Waals surface area contributed by atoms with Crippen LogP contribution in [0.4, 0.5) is 10.1 Å². The lowest BCUT2D eigenvalue weighted by Crippen LogP contribution is -2.33. The van der Waals surface area contributed by atoms with Crippen molar-refractivity contribution in [2.45, 2.75) is 31.7 Å². The Morgan fingerprint density at radius 3 is 2.61 bits per heavy atom. The molecule has 2 N–H and O–H groups in total. The van der Waals surface area contributed by atoms with Gasteiger partial charge in [-0.3, -0.25) is 0 Å². The summed E-state index contributed by atoms with van der Waals surface area (Å²) in [6, 6.07) is 5.78. The normalized spacial score (nSPS) is 24.0. The molecule has 1 aliphatic carbocycles. The molecular formula is C14H20FIN2. The summed E-state index contributed by atoms with van der Waals surface area (Å²) in [5, 5.41) is 0. The Labute approximate surface area is 122 Å². The van der Waals surface area contributed by atoms with Crippen LogP contribution in [0.15, 0.2) is 18.2 Å². The quantitative estimate of drug-likeness (QED) is 0.836. The number of hydrogen-bond donors (Lipinski definition) is 1. The Morgan fingerprint density at radius 1 is 1.33 bits per heavy atom. The zero-order chi connectivity index (χ0) is 13.1. The first-order valence-electron chi connectivity index (χ1n) is 6.48. The van der Waals surface area contributed by atoms with Gasteiger partial charge in [-0.1, -0.05) is 0 Å². The number of benzene rings is 1. The van der Waals surface area contributed by atoms with Gasteiger partial charge in [0.05, 0.1) is 5.69 Å². The van der Waals surface area contributed by atoms with Gasteiger partial charge in [0.15, 0.2) is 0 Å². The van der Waals surface area contributed by atoms with Gasteiger partial charge in [-0.05, 0) is 72.4 Å². The van der Waals surface area contributed by atoms with Gasteiger partial charge in [0.2, 0.25) is 0 Å². The van der Waals surface area contributed by atoms with Crippen LogP contribution in [0.25, 0.3) is 0 Å². The van der Waals surface area contributed by atoms with Gasteiger partial charge in [-0.15, -0.1) is 0 Å². The van der Waals surface area contributed by atoms with E-state index in [4.69, 9.17) is 5.73 Å². The van der Waals surface area contributed by atoms with Crippen molar-refractivity contribution in [3.05, 3.63) is 27.6 Å². The maximum absolute atomic E-state index is 13.9. The molecule has 1 saturated carbocycles. The van der Waals surface area contributed by atoms with Crippen LogP contribution in [0.2, 0.25) is 0 Å². The smallest absolute Gasteiger partial charge is 0.147 e. The van der Waals surface area contributed by atoms with Crippen molar-refractivity contribution in [2.24, 2.45) is 11.7 Å². The summed E-state index contributed by atoms with van der Waals surface area (Å²) in [5.41, 5.74) is 6.60. The molecule has 0 saturated heterocycles. The van der Waals surface area contributed by atoms with Crippen LogP contribution < -0.4 is 10.6 Å². The summed E-state index contributed by atoms with van der Waals surface area (Å²) >= 11 is 2.13. The molecule has 0 aliphatic heterocycles. The van der Waals surface area contributed by atoms with E-state index < -0.39 is 0 Å². The summed E-state index contributed by atoms with van der Waals surface area (Å²) in [6.07, 6.45) is 4.54. The van der Waals surface area contributed by atoms with E-state index in [1.807, 2.05) is 24.1 Å². The summed E-state index contributed by atoms with van der Waals surface area (Å²) in [5.74, 6) is 0.519. The van der Waals surface area contributed by atoms with Crippen LogP contribution in [0.3, 0.4) is 0 Å². The lowest BCUT2D eigenvalue weighted by molar-refractivity contribution is 0.329. The largest absolute Gasteiger partial charge is 0.372 e. The maximum atomic E-state index is 13.9. The van der Waals surface area contributed by atoms with Gasteiger partial charge in [-0.25, -0.2) is 4.39 Å². The van der Waals surface area contributed by atoms with Crippen molar-refractivity contribution in [2.75, 3.05) is 18.5 Å². The summed E-state index contributed by atoms with van der Waals surface area (Å²) in [7, 11) is 1.97. The minimum atomic E-state index is -0.128. The highest BCUT2D eigenvalue weighted by Crippen LogP contribution is 2.27. The number of rotatable bonds is 3. The number of nitrogens with zero attached hydrogens (tertiary/aromatic N) is 1. The van der Waals surface area contributed by atoms with Gasteiger partial charge >= 0.3 is 0 Å². The second kappa shape index (κ2) is 6.19.